The molecule has 124 heavy (non-hydrogen) atoms. The van der Waals surface area contributed by atoms with E-state index in [0.29, 0.717) is 11.9 Å². The summed E-state index contributed by atoms with van der Waals surface area (Å²) in [5, 5.41) is 28.0. The molecule has 17 aromatic carbocycles. The number of pyridine rings is 1. The lowest BCUT2D eigenvalue weighted by atomic mass is 9.97. The number of aromatic nitrogens is 18. The summed E-state index contributed by atoms with van der Waals surface area (Å²) in [6.45, 7) is 0. The van der Waals surface area contributed by atoms with Crippen molar-refractivity contribution in [2.75, 3.05) is 0 Å². The monoisotopic (exact) mass is 1590 g/mol. The van der Waals surface area contributed by atoms with Crippen LogP contribution in [0, 0.1) is 0 Å². The summed E-state index contributed by atoms with van der Waals surface area (Å²) in [6.07, 6.45) is 24.4. The van der Waals surface area contributed by atoms with Gasteiger partial charge in [-0.3, -0.25) is 54.0 Å². The fourth-order valence-electron chi connectivity index (χ4n) is 19.2. The molecule has 11 aromatic heterocycles. The highest BCUT2D eigenvalue weighted by molar-refractivity contribution is 6.32. The van der Waals surface area contributed by atoms with Crippen LogP contribution in [-0.4, -0.2) is 88.0 Å². The molecule has 0 saturated carbocycles. The Balaban J connectivity index is 0.0000000906. The van der Waals surface area contributed by atoms with Crippen molar-refractivity contribution in [2.45, 2.75) is 0 Å². The average molecular weight is 1590 g/mol. The second-order valence-electron chi connectivity index (χ2n) is 30.8. The predicted octanol–water partition coefficient (Wildman–Crippen LogP) is 24.5. The van der Waals surface area contributed by atoms with Crippen LogP contribution in [0.15, 0.2) is 378 Å². The van der Waals surface area contributed by atoms with E-state index in [9.17, 15) is 0 Å². The van der Waals surface area contributed by atoms with Crippen molar-refractivity contribution in [3.63, 3.8) is 0 Å². The lowest BCUT2D eigenvalue weighted by Gasteiger charge is -2.11. The van der Waals surface area contributed by atoms with Gasteiger partial charge in [-0.25, -0.2) is 24.9 Å². The Kier molecular flexibility index (Phi) is 15.8. The van der Waals surface area contributed by atoms with Crippen molar-refractivity contribution < 1.29 is 0 Å². The zero-order valence-corrected chi connectivity index (χ0v) is 65.8. The van der Waals surface area contributed by atoms with E-state index in [1.54, 1.807) is 62.0 Å². The Morgan fingerprint density at radius 1 is 0.137 bits per heavy atom. The molecule has 0 unspecified atom stereocenters. The highest BCUT2D eigenvalue weighted by atomic mass is 15.2. The summed E-state index contributed by atoms with van der Waals surface area (Å²) in [5.74, 6) is 1.25. The predicted molar refractivity (Wildman–Crippen MR) is 502 cm³/mol. The molecule has 0 saturated heterocycles. The first-order chi connectivity index (χ1) is 61.6. The maximum atomic E-state index is 4.75. The number of nitrogens with zero attached hydrogens (tertiary/aromatic N) is 18. The first-order valence-corrected chi connectivity index (χ1v) is 40.9. The Bertz CT molecular complexity index is 8210. The molecule has 0 N–H and O–H groups in total. The van der Waals surface area contributed by atoms with Gasteiger partial charge in [-0.05, 0) is 146 Å². The number of fused-ring (bicyclic) bond motifs is 36. The van der Waals surface area contributed by atoms with Gasteiger partial charge < -0.3 is 9.13 Å². The zero-order valence-electron chi connectivity index (χ0n) is 65.8. The fraction of sp³-hybridized carbons (Fsp3) is 0. The molecule has 0 fully saturated rings. The third kappa shape index (κ3) is 10.8. The van der Waals surface area contributed by atoms with E-state index in [1.807, 2.05) is 42.7 Å². The SMILES string of the molecule is c1ccc(-n2c3ccccc3c3cc4c5ccccc5c5nccnc5c4cc32)cc1.c1ccc2c(c1)c1cc3c4ccccc4n(-c4ccncc4)c3cc1c1nccnc21.c1ccc2c(c1)c1cc3c4ccccc4n(-c4ncncn4)c3cc1c1nccnc21.c1cnc(-n2c3ccccc3c3cc4c5ccccc5c5nccnc5c4cc32)nc1. The number of para-hydroxylation sites is 5. The standard InChI is InChI=1S/C28H17N3.C27H16N4.C26H15N5.C25H14N6/c1-2-8-18(9-3-1)31-25-13-7-6-11-20(25)23-16-22-19-10-4-5-12-21(19)27-28(30-15-14-29-27)24(22)17-26(23)31;1-2-7-20-18(5-1)21-15-22-19-6-3-4-8-24(19)31(17-9-11-28-12-10-17)25(22)16-23(21)27-26(20)29-13-14-30-27;1-2-8-18-16(6-1)19-14-20-17-7-3-4-9-22(17)31(26-29-10-5-11-30-26)23(20)15-21(19)25-24(18)27-12-13-28-25;1-2-7-17-15(5-1)18-11-19-16-6-3-4-8-21(16)31(25-29-13-26-14-30-25)22(19)12-20(18)24-23(17)27-9-10-28-24/h1-17H;1-16H;1-15H;1-14H. The van der Waals surface area contributed by atoms with E-state index in [4.69, 9.17) is 24.9 Å². The lowest BCUT2D eigenvalue weighted by Crippen LogP contribution is -2.00. The van der Waals surface area contributed by atoms with Gasteiger partial charge in [0, 0.05) is 172 Å². The summed E-state index contributed by atoms with van der Waals surface area (Å²) in [7, 11) is 0. The van der Waals surface area contributed by atoms with E-state index in [0.717, 1.165) is 142 Å². The van der Waals surface area contributed by atoms with Gasteiger partial charge in [0.05, 0.1) is 88.3 Å². The molecular weight excluding hydrogens is 1530 g/mol. The Labute approximate surface area is 702 Å². The Hall–Kier alpha value is -17.4. The number of hydrogen-bond donors (Lipinski definition) is 0. The average Bonchev–Trinajstić information content (AvgIpc) is 1.50. The Morgan fingerprint density at radius 3 is 0.710 bits per heavy atom. The minimum absolute atomic E-state index is 0.594. The van der Waals surface area contributed by atoms with E-state index in [-0.39, 0.29) is 0 Å². The molecule has 0 aliphatic rings. The molecule has 28 rings (SSSR count). The molecule has 576 valence electrons. The van der Waals surface area contributed by atoms with Gasteiger partial charge in [-0.15, -0.1) is 0 Å². The minimum Gasteiger partial charge on any atom is -0.309 e. The molecule has 0 aliphatic carbocycles. The molecule has 0 aliphatic heterocycles. The number of hydrogen-bond acceptors (Lipinski definition) is 14. The van der Waals surface area contributed by atoms with E-state index >= 15 is 0 Å². The molecule has 18 nitrogen and oxygen atoms in total. The second kappa shape index (κ2) is 28.2. The molecule has 0 radical (unpaired) electrons. The maximum Gasteiger partial charge on any atom is 0.237 e. The van der Waals surface area contributed by atoms with Gasteiger partial charge in [0.1, 0.15) is 12.7 Å². The summed E-state index contributed by atoms with van der Waals surface area (Å²) in [4.78, 5) is 63.8. The number of benzene rings is 17. The van der Waals surface area contributed by atoms with Crippen molar-refractivity contribution in [1.82, 2.24) is 88.0 Å². The van der Waals surface area contributed by atoms with Gasteiger partial charge >= 0.3 is 0 Å². The smallest absolute Gasteiger partial charge is 0.237 e. The second-order valence-corrected chi connectivity index (χ2v) is 30.8. The van der Waals surface area contributed by atoms with Crippen molar-refractivity contribution in [3.05, 3.63) is 378 Å². The fourth-order valence-corrected chi connectivity index (χ4v) is 19.2. The van der Waals surface area contributed by atoms with Crippen LogP contribution in [0.4, 0.5) is 0 Å². The van der Waals surface area contributed by atoms with Gasteiger partial charge in [0.2, 0.25) is 11.9 Å². The normalized spacial score (nSPS) is 11.9. The van der Waals surface area contributed by atoms with Gasteiger partial charge in [-0.1, -0.05) is 188 Å². The van der Waals surface area contributed by atoms with Crippen LogP contribution in [0.3, 0.4) is 0 Å². The first-order valence-electron chi connectivity index (χ1n) is 40.9. The molecule has 0 atom stereocenters. The molecule has 0 spiro atoms. The van der Waals surface area contributed by atoms with E-state index in [1.165, 1.54) is 99.2 Å². The van der Waals surface area contributed by atoms with Crippen LogP contribution in [0.5, 0.6) is 0 Å². The third-order valence-corrected chi connectivity index (χ3v) is 24.3. The van der Waals surface area contributed by atoms with Crippen LogP contribution >= 0.6 is 0 Å². The molecular formula is C106H62N18. The summed E-state index contributed by atoms with van der Waals surface area (Å²) in [5.41, 5.74) is 18.6. The largest absolute Gasteiger partial charge is 0.309 e. The first kappa shape index (κ1) is 69.7. The van der Waals surface area contributed by atoms with E-state index < -0.39 is 0 Å². The maximum absolute atomic E-state index is 4.75. The number of rotatable bonds is 4. The van der Waals surface area contributed by atoms with Crippen molar-refractivity contribution >= 4 is 218 Å². The van der Waals surface area contributed by atoms with Gasteiger partial charge in [0.25, 0.3) is 0 Å². The zero-order chi connectivity index (χ0) is 81.5. The minimum atomic E-state index is 0.594. The molecule has 0 amide bonds. The van der Waals surface area contributed by atoms with Crippen molar-refractivity contribution in [2.24, 2.45) is 0 Å². The van der Waals surface area contributed by atoms with Gasteiger partial charge in [-0.2, -0.15) is 0 Å². The summed E-state index contributed by atoms with van der Waals surface area (Å²) < 4.78 is 8.87. The van der Waals surface area contributed by atoms with Crippen LogP contribution in [0.2, 0.25) is 0 Å². The summed E-state index contributed by atoms with van der Waals surface area (Å²) in [6, 6.07) is 102. The van der Waals surface area contributed by atoms with Crippen molar-refractivity contribution in [3.8, 4) is 23.3 Å². The topological polar surface area (TPSA) is 200 Å². The lowest BCUT2D eigenvalue weighted by molar-refractivity contribution is 0.940. The summed E-state index contributed by atoms with van der Waals surface area (Å²) >= 11 is 0. The Morgan fingerprint density at radius 2 is 0.387 bits per heavy atom. The van der Waals surface area contributed by atoms with E-state index in [2.05, 4.69) is 324 Å². The van der Waals surface area contributed by atoms with Crippen LogP contribution in [0.25, 0.3) is 241 Å². The molecule has 28 aromatic rings. The van der Waals surface area contributed by atoms with Crippen LogP contribution in [-0.2, 0) is 0 Å². The van der Waals surface area contributed by atoms with Crippen LogP contribution in [0.1, 0.15) is 0 Å². The molecule has 18 heteroatoms. The van der Waals surface area contributed by atoms with Gasteiger partial charge in [0.15, 0.2) is 0 Å². The van der Waals surface area contributed by atoms with Crippen LogP contribution < -0.4 is 0 Å². The van der Waals surface area contributed by atoms with Crippen molar-refractivity contribution in [1.29, 1.82) is 0 Å². The third-order valence-electron chi connectivity index (χ3n) is 24.3. The molecule has 11 heterocycles. The quantitative estimate of drug-likeness (QED) is 0.151. The highest BCUT2D eigenvalue weighted by Crippen LogP contribution is 2.46. The molecule has 0 bridgehead atoms. The highest BCUT2D eigenvalue weighted by Gasteiger charge is 2.24.